The summed E-state index contributed by atoms with van der Waals surface area (Å²) in [5.74, 6) is 1.59. The number of aliphatic hydroxyl groups is 1. The van der Waals surface area contributed by atoms with E-state index in [1.54, 1.807) is 6.92 Å². The van der Waals surface area contributed by atoms with E-state index in [1.807, 2.05) is 13.1 Å². The summed E-state index contributed by atoms with van der Waals surface area (Å²) in [6.07, 6.45) is 8.85. The van der Waals surface area contributed by atoms with Gasteiger partial charge < -0.3 is 24.9 Å². The molecule has 1 saturated carbocycles. The highest BCUT2D eigenvalue weighted by atomic mass is 16.8. The number of piperidine rings is 1. The average Bonchev–Trinajstić information content (AvgIpc) is 3.15. The van der Waals surface area contributed by atoms with Crippen LogP contribution in [0.2, 0.25) is 0 Å². The summed E-state index contributed by atoms with van der Waals surface area (Å²) in [6.45, 7) is 5.65. The number of aryl methyl sites for hydroxylation is 1. The van der Waals surface area contributed by atoms with Crippen LogP contribution in [0.3, 0.4) is 0 Å². The molecular weight excluding hydrogens is 356 g/mol. The number of aromatic nitrogens is 1. The van der Waals surface area contributed by atoms with Gasteiger partial charge in [0.15, 0.2) is 0 Å². The first-order valence-corrected chi connectivity index (χ1v) is 10.6. The average molecular weight is 389 g/mol. The lowest BCUT2D eigenvalue weighted by Crippen LogP contribution is -2.54. The highest BCUT2D eigenvalue weighted by molar-refractivity contribution is 5.73. The van der Waals surface area contributed by atoms with Crippen molar-refractivity contribution in [3.63, 3.8) is 0 Å². The molecule has 3 heterocycles. The molecule has 1 saturated heterocycles. The zero-order chi connectivity index (χ0) is 19.5. The van der Waals surface area contributed by atoms with Crippen LogP contribution in [0.15, 0.2) is 17.4 Å². The fraction of sp³-hybridized carbons (Fsp3) is 0.714. The maximum Gasteiger partial charge on any atom is 0.296 e. The molecule has 28 heavy (non-hydrogen) atoms. The molecule has 3 aliphatic rings. The number of oxime groups is 1. The van der Waals surface area contributed by atoms with Crippen molar-refractivity contribution in [2.75, 3.05) is 24.6 Å². The minimum atomic E-state index is -0.548. The fourth-order valence-corrected chi connectivity index (χ4v) is 4.66. The first kappa shape index (κ1) is 19.5. The Morgan fingerprint density at radius 3 is 2.75 bits per heavy atom. The second-order valence-corrected chi connectivity index (χ2v) is 8.38. The van der Waals surface area contributed by atoms with Crippen LogP contribution in [0, 0.1) is 12.8 Å². The van der Waals surface area contributed by atoms with Crippen molar-refractivity contribution in [2.45, 2.75) is 70.7 Å². The van der Waals surface area contributed by atoms with Gasteiger partial charge in [-0.2, -0.15) is 0 Å². The number of pyridine rings is 1. The summed E-state index contributed by atoms with van der Waals surface area (Å²) in [5.41, 5.74) is 1.96. The molecule has 7 heteroatoms. The van der Waals surface area contributed by atoms with Gasteiger partial charge in [-0.3, -0.25) is 0 Å². The summed E-state index contributed by atoms with van der Waals surface area (Å²) < 4.78 is 5.71. The predicted molar refractivity (Wildman–Crippen MR) is 108 cm³/mol. The third-order valence-electron chi connectivity index (χ3n) is 6.16. The minimum Gasteiger partial charge on any atom is -0.432 e. The van der Waals surface area contributed by atoms with E-state index in [1.165, 1.54) is 32.1 Å². The van der Waals surface area contributed by atoms with Gasteiger partial charge in [-0.25, -0.2) is 4.98 Å². The second kappa shape index (κ2) is 8.66. The van der Waals surface area contributed by atoms with Crippen LogP contribution in [0.25, 0.3) is 0 Å². The van der Waals surface area contributed by atoms with Gasteiger partial charge >= 0.3 is 0 Å². The SMILES string of the molecule is CC1=NOC(c2cc(C)cnc2N2CCC(NC3CCCCC3)C(CO)C2)O1. The van der Waals surface area contributed by atoms with Gasteiger partial charge in [0.1, 0.15) is 5.82 Å². The molecule has 0 aromatic carbocycles. The normalized spacial score (nSPS) is 28.6. The molecule has 7 nitrogen and oxygen atoms in total. The Kier molecular flexibility index (Phi) is 6.01. The molecule has 2 fully saturated rings. The third kappa shape index (κ3) is 4.25. The van der Waals surface area contributed by atoms with Crippen molar-refractivity contribution in [3.05, 3.63) is 23.4 Å². The van der Waals surface area contributed by atoms with E-state index in [9.17, 15) is 5.11 Å². The zero-order valence-electron chi connectivity index (χ0n) is 16.9. The third-order valence-corrected chi connectivity index (χ3v) is 6.16. The van der Waals surface area contributed by atoms with Crippen molar-refractivity contribution in [2.24, 2.45) is 11.1 Å². The minimum absolute atomic E-state index is 0.181. The number of ether oxygens (including phenoxy) is 1. The second-order valence-electron chi connectivity index (χ2n) is 8.38. The molecule has 154 valence electrons. The Morgan fingerprint density at radius 2 is 2.04 bits per heavy atom. The Labute approximate surface area is 167 Å². The molecule has 3 unspecified atom stereocenters. The van der Waals surface area contributed by atoms with Gasteiger partial charge in [0.05, 0.1) is 5.56 Å². The van der Waals surface area contributed by atoms with E-state index in [0.717, 1.165) is 36.5 Å². The number of nitrogens with zero attached hydrogens (tertiary/aromatic N) is 3. The lowest BCUT2D eigenvalue weighted by atomic mass is 9.89. The van der Waals surface area contributed by atoms with Gasteiger partial charge in [0.2, 0.25) is 5.90 Å². The standard InChI is InChI=1S/C21H32N4O3/c1-14-10-18(21-27-15(2)24-28-21)20(22-11-14)25-9-8-19(16(12-25)13-26)23-17-6-4-3-5-7-17/h10-11,16-17,19,21,23,26H,3-9,12-13H2,1-2H3. The van der Waals surface area contributed by atoms with Gasteiger partial charge in [-0.05, 0) is 43.0 Å². The van der Waals surface area contributed by atoms with Gasteiger partial charge in [-0.15, -0.1) is 0 Å². The first-order valence-electron chi connectivity index (χ1n) is 10.6. The molecule has 0 radical (unpaired) electrons. The van der Waals surface area contributed by atoms with Crippen LogP contribution in [-0.2, 0) is 9.57 Å². The molecule has 2 N–H and O–H groups in total. The highest BCUT2D eigenvalue weighted by Crippen LogP contribution is 2.34. The molecule has 2 aliphatic heterocycles. The summed E-state index contributed by atoms with van der Waals surface area (Å²) in [5, 5.41) is 17.8. The smallest absolute Gasteiger partial charge is 0.296 e. The number of aliphatic hydroxyl groups excluding tert-OH is 1. The zero-order valence-corrected chi connectivity index (χ0v) is 16.9. The monoisotopic (exact) mass is 388 g/mol. The van der Waals surface area contributed by atoms with Crippen molar-refractivity contribution in [3.8, 4) is 0 Å². The number of hydrogen-bond donors (Lipinski definition) is 2. The van der Waals surface area contributed by atoms with Gasteiger partial charge in [0, 0.05) is 50.8 Å². The van der Waals surface area contributed by atoms with E-state index < -0.39 is 6.29 Å². The van der Waals surface area contributed by atoms with Crippen LogP contribution in [0.5, 0.6) is 0 Å². The molecule has 3 atom stereocenters. The topological polar surface area (TPSA) is 79.2 Å². The molecular formula is C21H32N4O3. The van der Waals surface area contributed by atoms with E-state index in [4.69, 9.17) is 14.6 Å². The maximum absolute atomic E-state index is 10.1. The van der Waals surface area contributed by atoms with Gasteiger partial charge in [-0.1, -0.05) is 19.3 Å². The van der Waals surface area contributed by atoms with E-state index in [2.05, 4.69) is 21.4 Å². The summed E-state index contributed by atoms with van der Waals surface area (Å²) in [6, 6.07) is 3.03. The number of hydrogen-bond acceptors (Lipinski definition) is 7. The highest BCUT2D eigenvalue weighted by Gasteiger charge is 2.34. The van der Waals surface area contributed by atoms with Gasteiger partial charge in [0.25, 0.3) is 6.29 Å². The summed E-state index contributed by atoms with van der Waals surface area (Å²) >= 11 is 0. The molecule has 0 amide bonds. The molecule has 1 aromatic rings. The van der Waals surface area contributed by atoms with E-state index in [0.29, 0.717) is 18.0 Å². The Morgan fingerprint density at radius 1 is 1.21 bits per heavy atom. The quantitative estimate of drug-likeness (QED) is 0.807. The van der Waals surface area contributed by atoms with Crippen LogP contribution in [0.1, 0.15) is 62.9 Å². The van der Waals surface area contributed by atoms with Crippen molar-refractivity contribution >= 4 is 11.7 Å². The number of anilines is 1. The van der Waals surface area contributed by atoms with Crippen molar-refractivity contribution in [1.29, 1.82) is 0 Å². The maximum atomic E-state index is 10.1. The Balaban J connectivity index is 1.47. The number of nitrogens with one attached hydrogen (secondary N) is 1. The Hall–Kier alpha value is -1.86. The molecule has 1 aromatic heterocycles. The van der Waals surface area contributed by atoms with Crippen LogP contribution in [0.4, 0.5) is 5.82 Å². The predicted octanol–water partition coefficient (Wildman–Crippen LogP) is 2.88. The molecule has 4 rings (SSSR count). The van der Waals surface area contributed by atoms with Crippen molar-refractivity contribution < 1.29 is 14.7 Å². The molecule has 0 spiro atoms. The van der Waals surface area contributed by atoms with Crippen LogP contribution >= 0.6 is 0 Å². The lowest BCUT2D eigenvalue weighted by molar-refractivity contribution is -0.0501. The largest absolute Gasteiger partial charge is 0.432 e. The fourth-order valence-electron chi connectivity index (χ4n) is 4.66. The summed E-state index contributed by atoms with van der Waals surface area (Å²) in [4.78, 5) is 12.4. The first-order chi connectivity index (χ1) is 13.6. The summed E-state index contributed by atoms with van der Waals surface area (Å²) in [7, 11) is 0. The Bertz CT molecular complexity index is 705. The molecule has 1 aliphatic carbocycles. The number of rotatable bonds is 5. The van der Waals surface area contributed by atoms with E-state index >= 15 is 0 Å². The van der Waals surface area contributed by atoms with Crippen LogP contribution in [-0.4, -0.2) is 47.8 Å². The van der Waals surface area contributed by atoms with Crippen molar-refractivity contribution in [1.82, 2.24) is 10.3 Å². The lowest BCUT2D eigenvalue weighted by Gasteiger charge is -2.41. The van der Waals surface area contributed by atoms with E-state index in [-0.39, 0.29) is 12.5 Å². The molecule has 0 bridgehead atoms. The van der Waals surface area contributed by atoms with Crippen LogP contribution < -0.4 is 10.2 Å².